The minimum absolute atomic E-state index is 0.0799. The summed E-state index contributed by atoms with van der Waals surface area (Å²) in [6, 6.07) is 0. The maximum atomic E-state index is 12.6. The molecule has 1 saturated heterocycles. The van der Waals surface area contributed by atoms with Gasteiger partial charge in [-0.2, -0.15) is 0 Å². The summed E-state index contributed by atoms with van der Waals surface area (Å²) in [7, 11) is 0. The molecule has 0 aromatic rings. The molecule has 2 aliphatic rings. The second kappa shape index (κ2) is 13.5. The molecular weight excluding hydrogens is 416 g/mol. The van der Waals surface area contributed by atoms with Crippen molar-refractivity contribution in [2.24, 2.45) is 17.3 Å². The first-order valence-electron chi connectivity index (χ1n) is 13.3. The van der Waals surface area contributed by atoms with Crippen LogP contribution in [0, 0.1) is 17.3 Å². The Labute approximate surface area is 201 Å². The largest absolute Gasteiger partial charge is 0.479 e. The van der Waals surface area contributed by atoms with Crippen LogP contribution in [0.15, 0.2) is 24.0 Å². The van der Waals surface area contributed by atoms with Crippen molar-refractivity contribution >= 4 is 5.97 Å². The van der Waals surface area contributed by atoms with E-state index in [-0.39, 0.29) is 17.6 Å². The van der Waals surface area contributed by atoms with Crippen LogP contribution in [-0.2, 0) is 14.3 Å². The molecule has 1 heterocycles. The van der Waals surface area contributed by atoms with Crippen molar-refractivity contribution < 1.29 is 24.5 Å². The average Bonchev–Trinajstić information content (AvgIpc) is 3.34. The zero-order valence-corrected chi connectivity index (χ0v) is 21.5. The molecule has 0 radical (unpaired) electrons. The fraction of sp³-hybridized carbons (Fsp3) is 0.821. The monoisotopic (exact) mass is 464 g/mol. The molecule has 1 saturated carbocycles. The number of carbonyl (C=O) groups is 1. The van der Waals surface area contributed by atoms with E-state index in [0.717, 1.165) is 77.0 Å². The van der Waals surface area contributed by atoms with Gasteiger partial charge in [-0.05, 0) is 68.8 Å². The third-order valence-electron chi connectivity index (χ3n) is 7.44. The molecule has 2 N–H and O–H groups in total. The zero-order valence-electron chi connectivity index (χ0n) is 21.5. The number of ether oxygens (including phenoxy) is 2. The molecule has 2 fully saturated rings. The summed E-state index contributed by atoms with van der Waals surface area (Å²) in [6.07, 6.45) is 17.5. The topological polar surface area (TPSA) is 76.0 Å². The number of hydrogen-bond acceptors (Lipinski definition) is 4. The van der Waals surface area contributed by atoms with E-state index in [4.69, 9.17) is 9.47 Å². The lowest BCUT2D eigenvalue weighted by atomic mass is 9.72. The van der Waals surface area contributed by atoms with Gasteiger partial charge in [-0.15, -0.1) is 0 Å². The van der Waals surface area contributed by atoms with Gasteiger partial charge in [0.1, 0.15) is 5.76 Å². The van der Waals surface area contributed by atoms with Gasteiger partial charge >= 0.3 is 5.97 Å². The Kier molecular flexibility index (Phi) is 11.4. The smallest absolute Gasteiger partial charge is 0.336 e. The Hall–Kier alpha value is -1.33. The van der Waals surface area contributed by atoms with Crippen LogP contribution in [0.1, 0.15) is 111 Å². The van der Waals surface area contributed by atoms with Crippen molar-refractivity contribution in [3.8, 4) is 0 Å². The van der Waals surface area contributed by atoms with Gasteiger partial charge in [0.05, 0.1) is 12.5 Å². The number of aliphatic hydroxyl groups is 1. The third-order valence-corrected chi connectivity index (χ3v) is 7.44. The van der Waals surface area contributed by atoms with E-state index in [2.05, 4.69) is 33.8 Å². The minimum Gasteiger partial charge on any atom is -0.479 e. The molecule has 0 spiro atoms. The van der Waals surface area contributed by atoms with Crippen molar-refractivity contribution in [1.29, 1.82) is 0 Å². The molecular formula is C28H48O5. The van der Waals surface area contributed by atoms with Crippen molar-refractivity contribution in [2.75, 3.05) is 6.61 Å². The lowest BCUT2D eigenvalue weighted by Gasteiger charge is -2.39. The van der Waals surface area contributed by atoms with Gasteiger partial charge in [0, 0.05) is 6.42 Å². The Morgan fingerprint density at radius 2 is 1.82 bits per heavy atom. The average molecular weight is 465 g/mol. The molecule has 0 bridgehead atoms. The fourth-order valence-electron chi connectivity index (χ4n) is 5.25. The van der Waals surface area contributed by atoms with Crippen molar-refractivity contribution in [3.05, 3.63) is 24.0 Å². The van der Waals surface area contributed by atoms with Crippen molar-refractivity contribution in [1.82, 2.24) is 0 Å². The number of unbranched alkanes of at least 4 members (excludes halogenated alkanes) is 1. The molecule has 2 rings (SSSR count). The Balaban J connectivity index is 2.43. The molecule has 33 heavy (non-hydrogen) atoms. The van der Waals surface area contributed by atoms with Crippen molar-refractivity contribution in [3.63, 3.8) is 0 Å². The van der Waals surface area contributed by atoms with Crippen LogP contribution < -0.4 is 0 Å². The summed E-state index contributed by atoms with van der Waals surface area (Å²) in [6.45, 7) is 9.42. The number of carboxylic acid groups (broad SMARTS) is 1. The van der Waals surface area contributed by atoms with Crippen LogP contribution in [0.3, 0.4) is 0 Å². The maximum Gasteiger partial charge on any atom is 0.336 e. The molecule has 3 atom stereocenters. The molecule has 5 nitrogen and oxygen atoms in total. The highest BCUT2D eigenvalue weighted by Crippen LogP contribution is 2.44. The lowest BCUT2D eigenvalue weighted by molar-refractivity contribution is -0.182. The highest BCUT2D eigenvalue weighted by Gasteiger charge is 2.53. The summed E-state index contributed by atoms with van der Waals surface area (Å²) in [5, 5.41) is 22.2. The van der Waals surface area contributed by atoms with Gasteiger partial charge in [-0.25, -0.2) is 4.79 Å². The van der Waals surface area contributed by atoms with E-state index in [1.54, 1.807) is 0 Å². The highest BCUT2D eigenvalue weighted by molar-refractivity contribution is 5.78. The summed E-state index contributed by atoms with van der Waals surface area (Å²) in [5.74, 6) is -1.42. The minimum atomic E-state index is -1.84. The first-order valence-corrected chi connectivity index (χ1v) is 13.3. The van der Waals surface area contributed by atoms with Gasteiger partial charge in [-0.3, -0.25) is 0 Å². The summed E-state index contributed by atoms with van der Waals surface area (Å²) in [4.78, 5) is 12.6. The van der Waals surface area contributed by atoms with Gasteiger partial charge in [0.25, 0.3) is 0 Å². The molecule has 0 amide bonds. The third kappa shape index (κ3) is 8.13. The van der Waals surface area contributed by atoms with Crippen LogP contribution in [0.25, 0.3) is 0 Å². The van der Waals surface area contributed by atoms with Gasteiger partial charge in [0.2, 0.25) is 0 Å². The van der Waals surface area contributed by atoms with Crippen LogP contribution in [0.2, 0.25) is 0 Å². The molecule has 1 aliphatic carbocycles. The van der Waals surface area contributed by atoms with Crippen LogP contribution >= 0.6 is 0 Å². The Morgan fingerprint density at radius 1 is 1.12 bits per heavy atom. The van der Waals surface area contributed by atoms with Crippen LogP contribution in [0.4, 0.5) is 0 Å². The molecule has 1 unspecified atom stereocenters. The normalized spacial score (nSPS) is 23.5. The summed E-state index contributed by atoms with van der Waals surface area (Å²) >= 11 is 0. The molecule has 5 heteroatoms. The zero-order chi connectivity index (χ0) is 24.3. The van der Waals surface area contributed by atoms with E-state index >= 15 is 0 Å². The van der Waals surface area contributed by atoms with Gasteiger partial charge in [0.15, 0.2) is 11.9 Å². The Morgan fingerprint density at radius 3 is 2.39 bits per heavy atom. The van der Waals surface area contributed by atoms with Crippen LogP contribution in [0.5, 0.6) is 0 Å². The SMILES string of the molecule is CCC=CC[C@@H](C(=CCC(C)(C)CCCC)OC1CCCCO1)[C@@](O)(C(=O)O)C1CCCC1. The molecule has 0 aromatic carbocycles. The van der Waals surface area contributed by atoms with E-state index in [1.165, 1.54) is 0 Å². The number of allylic oxidation sites excluding steroid dienone is 3. The second-order valence-electron chi connectivity index (χ2n) is 10.8. The van der Waals surface area contributed by atoms with E-state index in [9.17, 15) is 15.0 Å². The van der Waals surface area contributed by atoms with Crippen LogP contribution in [-0.4, -0.2) is 34.7 Å². The fourth-order valence-corrected chi connectivity index (χ4v) is 5.25. The van der Waals surface area contributed by atoms with Gasteiger partial charge < -0.3 is 19.7 Å². The molecule has 1 aliphatic heterocycles. The standard InChI is InChI=1S/C28H48O5/c1-5-7-9-16-23(28(31,26(29)30)22-14-10-11-15-22)24(33-25-17-12-13-21-32-25)18-20-27(3,4)19-8-6-2/h7,9,18,22-23,25,31H,5-6,8,10-17,19-21H2,1-4H3,(H,29,30)/t23-,25?,28+/m0/s1. The highest BCUT2D eigenvalue weighted by atomic mass is 16.7. The summed E-state index contributed by atoms with van der Waals surface area (Å²) < 4.78 is 12.3. The van der Waals surface area contributed by atoms with Gasteiger partial charge in [-0.1, -0.05) is 65.5 Å². The van der Waals surface area contributed by atoms with E-state index < -0.39 is 17.5 Å². The second-order valence-corrected chi connectivity index (χ2v) is 10.8. The predicted octanol–water partition coefficient (Wildman–Crippen LogP) is 7.00. The van der Waals surface area contributed by atoms with E-state index in [0.29, 0.717) is 18.8 Å². The number of carboxylic acids is 1. The molecule has 190 valence electrons. The summed E-state index contributed by atoms with van der Waals surface area (Å²) in [5.41, 5.74) is -1.76. The number of rotatable bonds is 14. The quantitative estimate of drug-likeness (QED) is 0.214. The maximum absolute atomic E-state index is 12.6. The molecule has 0 aromatic heterocycles. The lowest BCUT2D eigenvalue weighted by Crippen LogP contribution is -2.52. The van der Waals surface area contributed by atoms with Crippen molar-refractivity contribution in [2.45, 2.75) is 123 Å². The first-order chi connectivity index (χ1) is 15.7. The van der Waals surface area contributed by atoms with E-state index in [1.807, 2.05) is 12.2 Å². The Bertz CT molecular complexity index is 641. The first kappa shape index (κ1) is 27.9. The number of aliphatic carboxylic acids is 1. The number of hydrogen-bond donors (Lipinski definition) is 2. The predicted molar refractivity (Wildman–Crippen MR) is 133 cm³/mol.